The normalized spacial score (nSPS) is 10.8. The molecule has 0 aliphatic heterocycles. The molecular formula is C10H13BrN2O4S. The third-order valence-corrected chi connectivity index (χ3v) is 3.19. The van der Waals surface area contributed by atoms with E-state index in [2.05, 4.69) is 25.4 Å². The van der Waals surface area contributed by atoms with Gasteiger partial charge in [0.25, 0.3) is 0 Å². The van der Waals surface area contributed by atoms with Crippen molar-refractivity contribution in [2.24, 2.45) is 0 Å². The third kappa shape index (κ3) is 4.92. The molecule has 0 atom stereocenters. The zero-order valence-electron chi connectivity index (χ0n) is 9.86. The van der Waals surface area contributed by atoms with Gasteiger partial charge in [0.05, 0.1) is 12.3 Å². The van der Waals surface area contributed by atoms with Gasteiger partial charge in [0, 0.05) is 4.47 Å². The number of anilines is 1. The molecule has 2 N–H and O–H groups in total. The number of halogens is 1. The monoisotopic (exact) mass is 336 g/mol. The van der Waals surface area contributed by atoms with Crippen molar-refractivity contribution in [3.05, 3.63) is 28.2 Å². The molecule has 1 rings (SSSR count). The molecular weight excluding hydrogens is 324 g/mol. The van der Waals surface area contributed by atoms with Gasteiger partial charge in [-0.25, -0.2) is 9.52 Å². The molecule has 0 bridgehead atoms. The van der Waals surface area contributed by atoms with E-state index >= 15 is 0 Å². The zero-order chi connectivity index (χ0) is 13.8. The summed E-state index contributed by atoms with van der Waals surface area (Å²) in [5.74, 6) is 0. The number of ether oxygens (including phenoxy) is 1. The van der Waals surface area contributed by atoms with E-state index in [0.29, 0.717) is 5.69 Å². The van der Waals surface area contributed by atoms with Crippen molar-refractivity contribution in [1.82, 2.24) is 4.72 Å². The van der Waals surface area contributed by atoms with Crippen LogP contribution in [0.4, 0.5) is 10.5 Å². The minimum absolute atomic E-state index is 0.0946. The molecule has 0 aliphatic rings. The maximum absolute atomic E-state index is 11.6. The Hall–Kier alpha value is -1.28. The highest BCUT2D eigenvalue weighted by molar-refractivity contribution is 9.10. The summed E-state index contributed by atoms with van der Waals surface area (Å²) in [6, 6.07) is 5.04. The number of amides is 1. The van der Waals surface area contributed by atoms with E-state index < -0.39 is 16.3 Å². The number of hydrogen-bond donors (Lipinski definition) is 2. The molecule has 0 heterocycles. The van der Waals surface area contributed by atoms with E-state index in [9.17, 15) is 13.2 Å². The largest absolute Gasteiger partial charge is 0.449 e. The first-order valence-corrected chi connectivity index (χ1v) is 7.34. The summed E-state index contributed by atoms with van der Waals surface area (Å²) in [5.41, 5.74) is 1.22. The molecule has 1 aromatic carbocycles. The predicted octanol–water partition coefficient (Wildman–Crippen LogP) is 2.16. The Bertz CT molecular complexity index is 525. The molecule has 18 heavy (non-hydrogen) atoms. The predicted molar refractivity (Wildman–Crippen MR) is 71.6 cm³/mol. The summed E-state index contributed by atoms with van der Waals surface area (Å²) < 4.78 is 32.3. The minimum Gasteiger partial charge on any atom is -0.449 e. The number of nitrogens with one attached hydrogen (secondary N) is 2. The SMILES string of the molecule is CCOC(=O)NS(=O)(=O)Nc1cc(C)cc(Br)c1. The number of aryl methyl sites for hydroxylation is 1. The van der Waals surface area contributed by atoms with Crippen LogP contribution in [0.3, 0.4) is 0 Å². The van der Waals surface area contributed by atoms with Crippen molar-refractivity contribution < 1.29 is 17.9 Å². The van der Waals surface area contributed by atoms with Crippen LogP contribution in [0.1, 0.15) is 12.5 Å². The van der Waals surface area contributed by atoms with Crippen LogP contribution < -0.4 is 9.44 Å². The molecule has 0 fully saturated rings. The summed E-state index contributed by atoms with van der Waals surface area (Å²) in [7, 11) is -3.98. The second kappa shape index (κ2) is 6.05. The lowest BCUT2D eigenvalue weighted by molar-refractivity contribution is 0.159. The summed E-state index contributed by atoms with van der Waals surface area (Å²) >= 11 is 3.25. The topological polar surface area (TPSA) is 84.5 Å². The molecule has 1 amide bonds. The summed E-state index contributed by atoms with van der Waals surface area (Å²) in [6.07, 6.45) is -1.02. The lowest BCUT2D eigenvalue weighted by atomic mass is 10.2. The Morgan fingerprint density at radius 3 is 2.61 bits per heavy atom. The fourth-order valence-corrected chi connectivity index (χ4v) is 2.61. The molecule has 100 valence electrons. The number of carbonyl (C=O) groups excluding carboxylic acids is 1. The van der Waals surface area contributed by atoms with Gasteiger partial charge in [-0.05, 0) is 37.6 Å². The van der Waals surface area contributed by atoms with Gasteiger partial charge in [-0.1, -0.05) is 15.9 Å². The average Bonchev–Trinajstić information content (AvgIpc) is 2.13. The van der Waals surface area contributed by atoms with E-state index in [4.69, 9.17) is 0 Å². The maximum atomic E-state index is 11.6. The van der Waals surface area contributed by atoms with Crippen molar-refractivity contribution in [2.75, 3.05) is 11.3 Å². The highest BCUT2D eigenvalue weighted by Crippen LogP contribution is 2.19. The van der Waals surface area contributed by atoms with Crippen molar-refractivity contribution in [3.8, 4) is 0 Å². The summed E-state index contributed by atoms with van der Waals surface area (Å²) in [5, 5.41) is 0. The van der Waals surface area contributed by atoms with E-state index in [1.807, 2.05) is 13.0 Å². The van der Waals surface area contributed by atoms with Crippen LogP contribution in [0.5, 0.6) is 0 Å². The number of benzene rings is 1. The van der Waals surface area contributed by atoms with E-state index in [0.717, 1.165) is 10.0 Å². The molecule has 6 nitrogen and oxygen atoms in total. The lowest BCUT2D eigenvalue weighted by Crippen LogP contribution is -2.35. The third-order valence-electron chi connectivity index (χ3n) is 1.79. The Kier molecular flexibility index (Phi) is 4.97. The zero-order valence-corrected chi connectivity index (χ0v) is 12.3. The van der Waals surface area contributed by atoms with Gasteiger partial charge in [0.2, 0.25) is 0 Å². The van der Waals surface area contributed by atoms with Gasteiger partial charge in [-0.15, -0.1) is 0 Å². The van der Waals surface area contributed by atoms with Crippen molar-refractivity contribution in [1.29, 1.82) is 0 Å². The van der Waals surface area contributed by atoms with Crippen molar-refractivity contribution in [2.45, 2.75) is 13.8 Å². The fraction of sp³-hybridized carbons (Fsp3) is 0.300. The van der Waals surface area contributed by atoms with Gasteiger partial charge in [0.1, 0.15) is 0 Å². The van der Waals surface area contributed by atoms with Gasteiger partial charge in [0.15, 0.2) is 0 Å². The highest BCUT2D eigenvalue weighted by atomic mass is 79.9. The smallest absolute Gasteiger partial charge is 0.422 e. The van der Waals surface area contributed by atoms with Crippen LogP contribution in [-0.2, 0) is 14.9 Å². The molecule has 0 aliphatic carbocycles. The molecule has 0 saturated heterocycles. The van der Waals surface area contributed by atoms with Crippen LogP contribution in [0.25, 0.3) is 0 Å². The van der Waals surface area contributed by atoms with Crippen LogP contribution in [0, 0.1) is 6.92 Å². The Morgan fingerprint density at radius 2 is 2.06 bits per heavy atom. The first kappa shape index (κ1) is 14.8. The van der Waals surface area contributed by atoms with Gasteiger partial charge in [-0.3, -0.25) is 4.72 Å². The standard InChI is InChI=1S/C10H13BrN2O4S/c1-3-17-10(14)13-18(15,16)12-9-5-7(2)4-8(11)6-9/h4-6,12H,3H2,1-2H3,(H,13,14). The molecule has 0 aromatic heterocycles. The average molecular weight is 337 g/mol. The lowest BCUT2D eigenvalue weighted by Gasteiger charge is -2.10. The minimum atomic E-state index is -3.98. The Morgan fingerprint density at radius 1 is 1.39 bits per heavy atom. The highest BCUT2D eigenvalue weighted by Gasteiger charge is 2.15. The molecule has 8 heteroatoms. The van der Waals surface area contributed by atoms with Crippen molar-refractivity contribution >= 4 is 37.9 Å². The van der Waals surface area contributed by atoms with Gasteiger partial charge in [-0.2, -0.15) is 8.42 Å². The summed E-state index contributed by atoms with van der Waals surface area (Å²) in [6.45, 7) is 3.50. The first-order chi connectivity index (χ1) is 8.32. The molecule has 0 spiro atoms. The van der Waals surface area contributed by atoms with Crippen LogP contribution in [0.15, 0.2) is 22.7 Å². The second-order valence-electron chi connectivity index (χ2n) is 3.45. The van der Waals surface area contributed by atoms with E-state index in [1.54, 1.807) is 23.8 Å². The summed E-state index contributed by atoms with van der Waals surface area (Å²) in [4.78, 5) is 11.0. The van der Waals surface area contributed by atoms with E-state index in [1.165, 1.54) is 0 Å². The van der Waals surface area contributed by atoms with Crippen molar-refractivity contribution in [3.63, 3.8) is 0 Å². The second-order valence-corrected chi connectivity index (χ2v) is 5.78. The molecule has 0 saturated carbocycles. The number of hydrogen-bond acceptors (Lipinski definition) is 4. The molecule has 1 aromatic rings. The van der Waals surface area contributed by atoms with Crippen LogP contribution >= 0.6 is 15.9 Å². The Labute approximate surface area is 114 Å². The number of rotatable bonds is 4. The van der Waals surface area contributed by atoms with Crippen LogP contribution in [0.2, 0.25) is 0 Å². The number of carbonyl (C=O) groups is 1. The van der Waals surface area contributed by atoms with Crippen LogP contribution in [-0.4, -0.2) is 21.1 Å². The molecule has 0 unspecified atom stereocenters. The maximum Gasteiger partial charge on any atom is 0.422 e. The fourth-order valence-electron chi connectivity index (χ4n) is 1.25. The molecule has 0 radical (unpaired) electrons. The quantitative estimate of drug-likeness (QED) is 0.882. The van der Waals surface area contributed by atoms with Gasteiger partial charge >= 0.3 is 16.3 Å². The Balaban J connectivity index is 2.79. The van der Waals surface area contributed by atoms with Gasteiger partial charge < -0.3 is 4.74 Å². The van der Waals surface area contributed by atoms with E-state index in [-0.39, 0.29) is 6.61 Å². The first-order valence-electron chi connectivity index (χ1n) is 5.07.